The van der Waals surface area contributed by atoms with E-state index < -0.39 is 41.5 Å². The second kappa shape index (κ2) is 6.90. The number of halogens is 3. The van der Waals surface area contributed by atoms with Gasteiger partial charge in [0.1, 0.15) is 5.69 Å². The molecular weight excluding hydrogens is 354 g/mol. The number of amidine groups is 1. The number of thioether (sulfide) groups is 1. The zero-order chi connectivity index (χ0) is 19.0. The molecular formula is C15H17BF3N3O2S. The zero-order valence-corrected chi connectivity index (χ0v) is 15.2. The number of hydrogen-bond donors (Lipinski definition) is 1. The molecule has 1 aromatic carbocycles. The van der Waals surface area contributed by atoms with Crippen LogP contribution in [0.1, 0.15) is 27.7 Å². The molecule has 0 atom stereocenters. The number of hydrogen-bond acceptors (Lipinski definition) is 5. The maximum absolute atomic E-state index is 14.3. The molecule has 10 heteroatoms. The first-order valence-corrected chi connectivity index (χ1v) is 8.57. The van der Waals surface area contributed by atoms with Gasteiger partial charge in [0, 0.05) is 5.46 Å². The number of rotatable bonds is 2. The lowest BCUT2D eigenvalue weighted by Crippen LogP contribution is -2.41. The number of nitrogens with one attached hydrogen (secondary N) is 1. The highest BCUT2D eigenvalue weighted by molar-refractivity contribution is 8.13. The normalized spacial score (nSPS) is 19.0. The van der Waals surface area contributed by atoms with Gasteiger partial charge in [0.05, 0.1) is 11.2 Å². The van der Waals surface area contributed by atoms with Crippen molar-refractivity contribution in [1.29, 1.82) is 5.26 Å². The van der Waals surface area contributed by atoms with Gasteiger partial charge in [-0.2, -0.15) is 5.26 Å². The summed E-state index contributed by atoms with van der Waals surface area (Å²) in [6.45, 7) is 7.10. The van der Waals surface area contributed by atoms with E-state index in [-0.39, 0.29) is 10.6 Å². The number of benzene rings is 1. The molecule has 1 fully saturated rings. The zero-order valence-electron chi connectivity index (χ0n) is 14.4. The third-order valence-electron chi connectivity index (χ3n) is 4.24. The molecule has 134 valence electrons. The summed E-state index contributed by atoms with van der Waals surface area (Å²) in [5.74, 6) is -4.51. The van der Waals surface area contributed by atoms with E-state index in [0.717, 1.165) is 17.8 Å². The monoisotopic (exact) mass is 371 g/mol. The molecule has 0 radical (unpaired) electrons. The van der Waals surface area contributed by atoms with Gasteiger partial charge in [-0.3, -0.25) is 5.32 Å². The Morgan fingerprint density at radius 3 is 2.24 bits per heavy atom. The van der Waals surface area contributed by atoms with Crippen LogP contribution in [0, 0.1) is 28.9 Å². The Bertz CT molecular complexity index is 749. The van der Waals surface area contributed by atoms with E-state index in [4.69, 9.17) is 14.6 Å². The third-order valence-corrected chi connectivity index (χ3v) is 4.82. The van der Waals surface area contributed by atoms with E-state index in [1.165, 1.54) is 0 Å². The van der Waals surface area contributed by atoms with Crippen molar-refractivity contribution in [1.82, 2.24) is 5.32 Å². The van der Waals surface area contributed by atoms with Gasteiger partial charge in [0.25, 0.3) is 0 Å². The highest BCUT2D eigenvalue weighted by Crippen LogP contribution is 2.37. The summed E-state index contributed by atoms with van der Waals surface area (Å²) in [4.78, 5) is 3.91. The maximum Gasteiger partial charge on any atom is 0.497 e. The summed E-state index contributed by atoms with van der Waals surface area (Å²) in [6, 6.07) is 0.795. The van der Waals surface area contributed by atoms with Crippen LogP contribution in [0.15, 0.2) is 11.1 Å². The van der Waals surface area contributed by atoms with E-state index >= 15 is 0 Å². The van der Waals surface area contributed by atoms with Gasteiger partial charge >= 0.3 is 7.12 Å². The van der Waals surface area contributed by atoms with Gasteiger partial charge in [-0.05, 0) is 40.0 Å². The quantitative estimate of drug-likeness (QED) is 0.216. The van der Waals surface area contributed by atoms with Crippen molar-refractivity contribution in [2.45, 2.75) is 38.9 Å². The Kier molecular flexibility index (Phi) is 5.42. The summed E-state index contributed by atoms with van der Waals surface area (Å²) in [5.41, 5.74) is -2.09. The standard InChI is InChI=1S/C15H17BF3N3O2S/c1-14(2)15(3,4)24-16(23-14)8-6-9(17)10(18)11(19)12(8)22-13(25-5)21-7-20/h6H,1-5H3,(H,21,22). The fourth-order valence-corrected chi connectivity index (χ4v) is 2.47. The van der Waals surface area contributed by atoms with Crippen molar-refractivity contribution in [2.75, 3.05) is 6.26 Å². The molecule has 1 aromatic rings. The van der Waals surface area contributed by atoms with Gasteiger partial charge in [-0.15, -0.1) is 0 Å². The smallest absolute Gasteiger partial charge is 0.399 e. The van der Waals surface area contributed by atoms with Crippen molar-refractivity contribution >= 4 is 35.2 Å². The Hall–Kier alpha value is -1.70. The van der Waals surface area contributed by atoms with E-state index in [0.29, 0.717) is 0 Å². The van der Waals surface area contributed by atoms with E-state index in [1.54, 1.807) is 40.1 Å². The van der Waals surface area contributed by atoms with Crippen LogP contribution in [0.5, 0.6) is 0 Å². The second-order valence-corrected chi connectivity index (χ2v) is 7.17. The summed E-state index contributed by atoms with van der Waals surface area (Å²) >= 11 is 1.01. The highest BCUT2D eigenvalue weighted by Gasteiger charge is 2.52. The summed E-state index contributed by atoms with van der Waals surface area (Å²) in [6.07, 6.45) is 3.24. The fraction of sp³-hybridized carbons (Fsp3) is 0.467. The van der Waals surface area contributed by atoms with Crippen LogP contribution in [-0.4, -0.2) is 29.7 Å². The van der Waals surface area contributed by atoms with Crippen LogP contribution in [0.4, 0.5) is 18.9 Å². The lowest BCUT2D eigenvalue weighted by Gasteiger charge is -2.32. The Morgan fingerprint density at radius 1 is 1.20 bits per heavy atom. The Balaban J connectivity index is 2.61. The Morgan fingerprint density at radius 2 is 1.76 bits per heavy atom. The van der Waals surface area contributed by atoms with Crippen molar-refractivity contribution in [3.05, 3.63) is 23.5 Å². The van der Waals surface area contributed by atoms with Crippen molar-refractivity contribution < 1.29 is 22.5 Å². The molecule has 0 aromatic heterocycles. The topological polar surface area (TPSA) is 66.6 Å². The number of nitrogens with zero attached hydrogens (tertiary/aromatic N) is 2. The predicted molar refractivity (Wildman–Crippen MR) is 91.4 cm³/mol. The molecule has 25 heavy (non-hydrogen) atoms. The largest absolute Gasteiger partial charge is 0.497 e. The number of aliphatic imine (C=N–C) groups is 1. The average Bonchev–Trinajstić information content (AvgIpc) is 2.74. The first-order valence-electron chi connectivity index (χ1n) is 7.35. The first kappa shape index (κ1) is 19.6. The Labute approximate surface area is 148 Å². The predicted octanol–water partition coefficient (Wildman–Crippen LogP) is 2.82. The number of nitriles is 1. The maximum atomic E-state index is 14.3. The molecule has 0 unspecified atom stereocenters. The molecule has 1 heterocycles. The van der Waals surface area contributed by atoms with Crippen LogP contribution < -0.4 is 10.8 Å². The second-order valence-electron chi connectivity index (χ2n) is 6.37. The molecule has 1 aliphatic heterocycles. The van der Waals surface area contributed by atoms with E-state index in [1.807, 2.05) is 0 Å². The first-order chi connectivity index (χ1) is 11.5. The minimum atomic E-state index is -1.66. The van der Waals surface area contributed by atoms with Crippen LogP contribution in [-0.2, 0) is 9.31 Å². The minimum Gasteiger partial charge on any atom is -0.399 e. The van der Waals surface area contributed by atoms with Gasteiger partial charge in [0.2, 0.25) is 0 Å². The van der Waals surface area contributed by atoms with Gasteiger partial charge < -0.3 is 9.31 Å². The summed E-state index contributed by atoms with van der Waals surface area (Å²) < 4.78 is 53.4. The van der Waals surface area contributed by atoms with Crippen LogP contribution in [0.25, 0.3) is 0 Å². The van der Waals surface area contributed by atoms with Crippen LogP contribution >= 0.6 is 11.8 Å². The lowest BCUT2D eigenvalue weighted by atomic mass is 9.77. The van der Waals surface area contributed by atoms with E-state index in [9.17, 15) is 13.2 Å². The molecule has 1 aliphatic rings. The van der Waals surface area contributed by atoms with Crippen molar-refractivity contribution in [2.24, 2.45) is 4.99 Å². The molecule has 0 saturated carbocycles. The molecule has 0 bridgehead atoms. The molecule has 2 rings (SSSR count). The molecule has 0 amide bonds. The summed E-state index contributed by atoms with van der Waals surface area (Å²) in [5, 5.41) is 11.0. The lowest BCUT2D eigenvalue weighted by molar-refractivity contribution is 0.00578. The molecule has 5 nitrogen and oxygen atoms in total. The summed E-state index contributed by atoms with van der Waals surface area (Å²) in [7, 11) is -1.14. The van der Waals surface area contributed by atoms with Crippen molar-refractivity contribution in [3.63, 3.8) is 0 Å². The van der Waals surface area contributed by atoms with Crippen LogP contribution in [0.2, 0.25) is 0 Å². The van der Waals surface area contributed by atoms with Crippen LogP contribution in [0.3, 0.4) is 0 Å². The van der Waals surface area contributed by atoms with E-state index in [2.05, 4.69) is 10.3 Å². The molecule has 1 N–H and O–H groups in total. The fourth-order valence-electron chi connectivity index (χ4n) is 2.14. The molecule has 0 spiro atoms. The third kappa shape index (κ3) is 3.63. The SMILES string of the molecule is CSC(=Nc1c(B2OC(C)(C)C(C)(C)O2)cc(F)c(F)c1F)NC#N. The highest BCUT2D eigenvalue weighted by atomic mass is 32.2. The minimum absolute atomic E-state index is 0.0187. The van der Waals surface area contributed by atoms with Gasteiger partial charge in [-0.25, -0.2) is 18.2 Å². The van der Waals surface area contributed by atoms with Gasteiger partial charge in [0.15, 0.2) is 28.8 Å². The van der Waals surface area contributed by atoms with Gasteiger partial charge in [-0.1, -0.05) is 11.8 Å². The van der Waals surface area contributed by atoms with Crippen molar-refractivity contribution in [3.8, 4) is 6.19 Å². The molecule has 0 aliphatic carbocycles. The molecule has 1 saturated heterocycles. The average molecular weight is 371 g/mol.